The minimum Gasteiger partial charge on any atom is -0.310 e. The number of carbonyl (C=O) groups is 3. The number of hydrogen-bond donors (Lipinski definition) is 0. The van der Waals surface area contributed by atoms with E-state index in [1.54, 1.807) is 0 Å². The number of hydrogen-bond acceptors (Lipinski definition) is 5. The molecule has 0 N–H and O–H groups in total. The Labute approximate surface area is 480 Å². The first-order valence-electron chi connectivity index (χ1n) is 28.4. The maximum atomic E-state index is 14.2. The molecule has 3 aliphatic carbocycles. The number of ketones is 3. The molecule has 18 rings (SSSR count). The molecule has 0 radical (unpaired) electrons. The third-order valence-corrected chi connectivity index (χ3v) is 18.7. The van der Waals surface area contributed by atoms with Gasteiger partial charge < -0.3 is 9.80 Å². The molecule has 5 heteroatoms. The molecule has 3 heterocycles. The van der Waals surface area contributed by atoms with Crippen LogP contribution in [-0.4, -0.2) is 17.3 Å². The molecule has 0 unspecified atom stereocenters. The second-order valence-electron chi connectivity index (χ2n) is 22.3. The molecule has 0 amide bonds. The van der Waals surface area contributed by atoms with Gasteiger partial charge in [0.05, 0.1) is 44.7 Å². The number of anilines is 6. The highest BCUT2D eigenvalue weighted by Gasteiger charge is 2.58. The molecule has 3 aliphatic heterocycles. The Morgan fingerprint density at radius 3 is 0.711 bits per heavy atom. The monoisotopic (exact) mass is 1060 g/mol. The number of fused-ring (bicyclic) bond motifs is 24. The van der Waals surface area contributed by atoms with E-state index < -0.39 is 16.2 Å². The minimum atomic E-state index is -0.767. The van der Waals surface area contributed by atoms with Crippen molar-refractivity contribution in [2.75, 3.05) is 9.80 Å². The maximum absolute atomic E-state index is 14.2. The number of para-hydroxylation sites is 6. The zero-order valence-electron chi connectivity index (χ0n) is 44.8. The quantitative estimate of drug-likeness (QED) is 0.164. The molecule has 6 aliphatic rings. The van der Waals surface area contributed by atoms with Gasteiger partial charge in [0.25, 0.3) is 0 Å². The molecule has 0 saturated carbocycles. The van der Waals surface area contributed by atoms with Gasteiger partial charge in [0.2, 0.25) is 0 Å². The third kappa shape index (κ3) is 5.87. The van der Waals surface area contributed by atoms with E-state index in [9.17, 15) is 14.4 Å². The predicted molar refractivity (Wildman–Crippen MR) is 328 cm³/mol. The first-order valence-corrected chi connectivity index (χ1v) is 28.4. The van der Waals surface area contributed by atoms with E-state index in [0.717, 1.165) is 123 Å². The predicted octanol–water partition coefficient (Wildman–Crippen LogP) is 17.0. The van der Waals surface area contributed by atoms with Crippen LogP contribution in [0.15, 0.2) is 291 Å². The summed E-state index contributed by atoms with van der Waals surface area (Å²) in [6, 6.07) is 101. The highest BCUT2D eigenvalue weighted by atomic mass is 16.1. The van der Waals surface area contributed by atoms with Gasteiger partial charge in [-0.2, -0.15) is 0 Å². The van der Waals surface area contributed by atoms with Crippen LogP contribution in [0.2, 0.25) is 0 Å². The average Bonchev–Trinajstić information content (AvgIpc) is 0.871. The van der Waals surface area contributed by atoms with Crippen LogP contribution in [0, 0.1) is 0 Å². The average molecular weight is 1060 g/mol. The third-order valence-electron chi connectivity index (χ3n) is 18.7. The zero-order valence-corrected chi connectivity index (χ0v) is 44.8. The van der Waals surface area contributed by atoms with Crippen LogP contribution in [-0.2, 0) is 16.2 Å². The Bertz CT molecular complexity index is 4430. The van der Waals surface area contributed by atoms with Crippen molar-refractivity contribution in [3.63, 3.8) is 0 Å². The fourth-order valence-corrected chi connectivity index (χ4v) is 15.8. The van der Waals surface area contributed by atoms with Crippen molar-refractivity contribution in [2.24, 2.45) is 0 Å². The molecule has 0 saturated heterocycles. The van der Waals surface area contributed by atoms with Crippen molar-refractivity contribution in [1.82, 2.24) is 0 Å². The van der Waals surface area contributed by atoms with Crippen LogP contribution in [0.25, 0.3) is 0 Å². The van der Waals surface area contributed by atoms with Crippen molar-refractivity contribution in [1.29, 1.82) is 0 Å². The van der Waals surface area contributed by atoms with Crippen molar-refractivity contribution in [2.45, 2.75) is 16.2 Å². The fourth-order valence-electron chi connectivity index (χ4n) is 15.8. The largest absolute Gasteiger partial charge is 0.310 e. The fraction of sp³-hybridized carbons (Fsp3) is 0.0385. The SMILES string of the molecule is O=C1c2ccccc2C2(c3ccccc31)c1ccccc1N(c1ccccc1)c1ccccc12.O=C1c2ccccc2C2(c3ccccc31)c1ccccc1N1c3ccccc3C3(c4ccccc4C(=O)c4ccccc43)c3cccc2c31. The number of benzene rings is 12. The van der Waals surface area contributed by atoms with E-state index in [-0.39, 0.29) is 17.3 Å². The highest BCUT2D eigenvalue weighted by Crippen LogP contribution is 2.68. The smallest absolute Gasteiger partial charge is 0.193 e. The van der Waals surface area contributed by atoms with E-state index in [2.05, 4.69) is 222 Å². The lowest BCUT2D eigenvalue weighted by molar-refractivity contribution is 0.102. The molecule has 0 atom stereocenters. The summed E-state index contributed by atoms with van der Waals surface area (Å²) in [6.07, 6.45) is 0. The van der Waals surface area contributed by atoms with Crippen LogP contribution < -0.4 is 9.80 Å². The molecule has 5 nitrogen and oxygen atoms in total. The molecule has 12 aromatic rings. The topological polar surface area (TPSA) is 57.7 Å². The first-order chi connectivity index (χ1) is 41.0. The number of carbonyl (C=O) groups excluding carboxylic acids is 3. The Kier molecular flexibility index (Phi) is 9.86. The summed E-state index contributed by atoms with van der Waals surface area (Å²) in [6.45, 7) is 0. The van der Waals surface area contributed by atoms with Crippen LogP contribution in [0.5, 0.6) is 0 Å². The van der Waals surface area contributed by atoms with Crippen LogP contribution in [0.3, 0.4) is 0 Å². The van der Waals surface area contributed by atoms with E-state index in [0.29, 0.717) is 0 Å². The molecule has 0 fully saturated rings. The van der Waals surface area contributed by atoms with Crippen LogP contribution in [0.4, 0.5) is 34.1 Å². The molecule has 12 aromatic carbocycles. The van der Waals surface area contributed by atoms with E-state index >= 15 is 0 Å². The van der Waals surface area contributed by atoms with Gasteiger partial charge in [0.1, 0.15) is 0 Å². The van der Waals surface area contributed by atoms with Crippen LogP contribution >= 0.6 is 0 Å². The number of nitrogens with zero attached hydrogens (tertiary/aromatic N) is 2. The summed E-state index contributed by atoms with van der Waals surface area (Å²) in [5, 5.41) is 0. The van der Waals surface area contributed by atoms with Gasteiger partial charge in [0.15, 0.2) is 17.3 Å². The van der Waals surface area contributed by atoms with Crippen molar-refractivity contribution < 1.29 is 14.4 Å². The van der Waals surface area contributed by atoms with Gasteiger partial charge in [-0.1, -0.05) is 255 Å². The molecule has 3 spiro atoms. The lowest BCUT2D eigenvalue weighted by atomic mass is 9.53. The molecule has 0 bridgehead atoms. The van der Waals surface area contributed by atoms with Gasteiger partial charge in [-0.3, -0.25) is 14.4 Å². The maximum Gasteiger partial charge on any atom is 0.193 e. The first kappa shape index (κ1) is 47.1. The Morgan fingerprint density at radius 1 is 0.193 bits per heavy atom. The second kappa shape index (κ2) is 17.4. The standard InChI is InChI=1S/C46H27NO2.C32H21NO/c48-43-28-14-1-5-18-32(28)45(33-19-6-2-15-29(33)43)36-22-9-11-26-40(36)47-41-27-12-10-23-37(41)46(39-25-13-24-38(45)42(39)47)34-20-7-3-16-30(34)44(49)31-17-4-8-21-35(31)46;34-31-23-14-4-6-16-25(23)32(26-17-7-5-15-24(26)31)27-18-8-10-20-29(27)33(22-12-2-1-3-13-22)30-21-11-9-19-28(30)32/h1-27H;1-21H. The highest BCUT2D eigenvalue weighted by molar-refractivity contribution is 6.17. The molecular weight excluding hydrogens is 1010 g/mol. The molecule has 83 heavy (non-hydrogen) atoms. The van der Waals surface area contributed by atoms with Crippen molar-refractivity contribution in [3.05, 3.63) is 391 Å². The lowest BCUT2D eigenvalue weighted by Crippen LogP contribution is -2.47. The van der Waals surface area contributed by atoms with Gasteiger partial charge >= 0.3 is 0 Å². The normalized spacial score (nSPS) is 15.5. The Balaban J connectivity index is 0.000000140. The van der Waals surface area contributed by atoms with Gasteiger partial charge in [-0.15, -0.1) is 0 Å². The zero-order chi connectivity index (χ0) is 55.2. The van der Waals surface area contributed by atoms with Crippen molar-refractivity contribution >= 4 is 51.5 Å². The molecule has 388 valence electrons. The summed E-state index contributed by atoms with van der Waals surface area (Å²) in [4.78, 5) is 46.9. The molecular formula is C78H48N2O3. The molecule has 0 aromatic heterocycles. The second-order valence-corrected chi connectivity index (χ2v) is 22.3. The summed E-state index contributed by atoms with van der Waals surface area (Å²) in [5.74, 6) is 0.200. The Hall–Kier alpha value is -10.8. The lowest BCUT2D eigenvalue weighted by Gasteiger charge is -2.55. The summed E-state index contributed by atoms with van der Waals surface area (Å²) < 4.78 is 0. The van der Waals surface area contributed by atoms with Gasteiger partial charge in [-0.25, -0.2) is 0 Å². The van der Waals surface area contributed by atoms with E-state index in [1.165, 1.54) is 11.1 Å². The minimum absolute atomic E-state index is 0.0528. The summed E-state index contributed by atoms with van der Waals surface area (Å²) in [5.41, 5.74) is 21.9. The van der Waals surface area contributed by atoms with Gasteiger partial charge in [-0.05, 0) is 103 Å². The van der Waals surface area contributed by atoms with E-state index in [1.807, 2.05) is 78.9 Å². The number of rotatable bonds is 1. The van der Waals surface area contributed by atoms with Crippen LogP contribution in [0.1, 0.15) is 115 Å². The van der Waals surface area contributed by atoms with E-state index in [4.69, 9.17) is 0 Å². The Morgan fingerprint density at radius 2 is 0.410 bits per heavy atom. The summed E-state index contributed by atoms with van der Waals surface area (Å²) in [7, 11) is 0. The van der Waals surface area contributed by atoms with Gasteiger partial charge in [0, 0.05) is 39.1 Å². The summed E-state index contributed by atoms with van der Waals surface area (Å²) >= 11 is 0. The van der Waals surface area contributed by atoms with Crippen molar-refractivity contribution in [3.8, 4) is 0 Å².